The Labute approximate surface area is 110 Å². The number of hydrogen-bond acceptors (Lipinski definition) is 2. The van der Waals surface area contributed by atoms with E-state index in [2.05, 4.69) is 42.3 Å². The number of aryl methyl sites for hydroxylation is 2. The molecule has 1 aromatic rings. The van der Waals surface area contributed by atoms with Crippen molar-refractivity contribution in [3.05, 3.63) is 29.3 Å². The van der Waals surface area contributed by atoms with Crippen molar-refractivity contribution in [1.82, 2.24) is 5.32 Å². The molecule has 1 unspecified atom stereocenters. The summed E-state index contributed by atoms with van der Waals surface area (Å²) in [5, 5.41) is 3.78. The van der Waals surface area contributed by atoms with E-state index in [-0.39, 0.29) is 0 Å². The molecular formula is C16H24N2. The molecule has 2 fully saturated rings. The number of nitrogens with zero attached hydrogens (tertiary/aromatic N) is 1. The van der Waals surface area contributed by atoms with E-state index in [9.17, 15) is 0 Å². The van der Waals surface area contributed by atoms with E-state index in [0.717, 1.165) is 6.04 Å². The summed E-state index contributed by atoms with van der Waals surface area (Å²) in [6.07, 6.45) is 5.44. The summed E-state index contributed by atoms with van der Waals surface area (Å²) < 4.78 is 0. The Morgan fingerprint density at radius 1 is 1.06 bits per heavy atom. The lowest BCUT2D eigenvalue weighted by atomic mass is 10.0. The summed E-state index contributed by atoms with van der Waals surface area (Å²) in [5.74, 6) is 0. The zero-order chi connectivity index (χ0) is 12.5. The van der Waals surface area contributed by atoms with Gasteiger partial charge in [0, 0.05) is 30.9 Å². The molecule has 1 N–H and O–H groups in total. The molecule has 18 heavy (non-hydrogen) atoms. The lowest BCUT2D eigenvalue weighted by Gasteiger charge is -2.35. The largest absolute Gasteiger partial charge is 0.370 e. The second-order valence-electron chi connectivity index (χ2n) is 5.99. The third-order valence-electron chi connectivity index (χ3n) is 4.33. The van der Waals surface area contributed by atoms with E-state index >= 15 is 0 Å². The highest BCUT2D eigenvalue weighted by Gasteiger charge is 2.27. The molecule has 1 aromatic carbocycles. The Balaban J connectivity index is 1.68. The van der Waals surface area contributed by atoms with Crippen LogP contribution in [0.3, 0.4) is 0 Å². The predicted octanol–water partition coefficient (Wildman–Crippen LogP) is 3.02. The van der Waals surface area contributed by atoms with Crippen LogP contribution in [0.15, 0.2) is 18.2 Å². The minimum absolute atomic E-state index is 0.702. The van der Waals surface area contributed by atoms with Crippen LogP contribution in [-0.4, -0.2) is 25.2 Å². The van der Waals surface area contributed by atoms with Crippen LogP contribution in [0.25, 0.3) is 0 Å². The number of benzene rings is 1. The van der Waals surface area contributed by atoms with Crippen LogP contribution >= 0.6 is 0 Å². The Hall–Kier alpha value is -1.02. The van der Waals surface area contributed by atoms with Crippen molar-refractivity contribution in [2.45, 2.75) is 51.6 Å². The molecule has 0 spiro atoms. The maximum absolute atomic E-state index is 3.78. The first-order chi connectivity index (χ1) is 8.72. The molecule has 0 radical (unpaired) electrons. The maximum Gasteiger partial charge on any atom is 0.0369 e. The molecular weight excluding hydrogens is 220 g/mol. The van der Waals surface area contributed by atoms with Gasteiger partial charge in [-0.15, -0.1) is 0 Å². The molecule has 3 rings (SSSR count). The Bertz CT molecular complexity index is 423. The molecule has 1 saturated heterocycles. The van der Waals surface area contributed by atoms with E-state index in [4.69, 9.17) is 0 Å². The van der Waals surface area contributed by atoms with E-state index < -0.39 is 0 Å². The van der Waals surface area contributed by atoms with Crippen LogP contribution in [0.2, 0.25) is 0 Å². The molecule has 2 heteroatoms. The van der Waals surface area contributed by atoms with Gasteiger partial charge in [0.15, 0.2) is 0 Å². The molecule has 0 aromatic heterocycles. The highest BCUT2D eigenvalue weighted by atomic mass is 15.2. The molecule has 1 saturated carbocycles. The van der Waals surface area contributed by atoms with E-state index in [1.807, 2.05) is 0 Å². The second-order valence-corrected chi connectivity index (χ2v) is 5.99. The smallest absolute Gasteiger partial charge is 0.0369 e. The Morgan fingerprint density at radius 2 is 1.89 bits per heavy atom. The number of hydrogen-bond donors (Lipinski definition) is 1. The fourth-order valence-electron chi connectivity index (χ4n) is 2.85. The normalized spacial score (nSPS) is 24.3. The molecule has 0 bridgehead atoms. The fourth-order valence-corrected chi connectivity index (χ4v) is 2.85. The van der Waals surface area contributed by atoms with Crippen LogP contribution in [-0.2, 0) is 0 Å². The average molecular weight is 244 g/mol. The van der Waals surface area contributed by atoms with Crippen LogP contribution in [0, 0.1) is 13.8 Å². The molecule has 2 aliphatic rings. The average Bonchev–Trinajstić information content (AvgIpc) is 3.17. The zero-order valence-electron chi connectivity index (χ0n) is 11.6. The monoisotopic (exact) mass is 244 g/mol. The summed E-state index contributed by atoms with van der Waals surface area (Å²) in [6, 6.07) is 8.40. The molecule has 1 heterocycles. The van der Waals surface area contributed by atoms with Gasteiger partial charge in [0.25, 0.3) is 0 Å². The van der Waals surface area contributed by atoms with Crippen LogP contribution in [0.5, 0.6) is 0 Å². The molecule has 98 valence electrons. The highest BCUT2D eigenvalue weighted by Crippen LogP contribution is 2.25. The first kappa shape index (κ1) is 12.0. The third kappa shape index (κ3) is 2.69. The number of anilines is 1. The van der Waals surface area contributed by atoms with Crippen LogP contribution in [0.1, 0.15) is 36.8 Å². The summed E-state index contributed by atoms with van der Waals surface area (Å²) in [5.41, 5.74) is 4.20. The molecule has 1 aliphatic carbocycles. The standard InChI is InChI=1S/C16H24N2/c1-12-5-8-16(10-13(12)2)18-9-3-4-15(11-18)17-14-6-7-14/h5,8,10,14-15,17H,3-4,6-7,9,11H2,1-2H3. The molecule has 1 atom stereocenters. The Kier molecular flexibility index (Phi) is 3.29. The fraction of sp³-hybridized carbons (Fsp3) is 0.625. The predicted molar refractivity (Wildman–Crippen MR) is 77.3 cm³/mol. The van der Waals surface area contributed by atoms with Gasteiger partial charge in [-0.3, -0.25) is 0 Å². The van der Waals surface area contributed by atoms with E-state index in [1.165, 1.54) is 55.6 Å². The van der Waals surface area contributed by atoms with Crippen molar-refractivity contribution >= 4 is 5.69 Å². The van der Waals surface area contributed by atoms with Crippen LogP contribution in [0.4, 0.5) is 5.69 Å². The van der Waals surface area contributed by atoms with Crippen molar-refractivity contribution in [3.8, 4) is 0 Å². The van der Waals surface area contributed by atoms with Gasteiger partial charge in [-0.1, -0.05) is 6.07 Å². The first-order valence-corrected chi connectivity index (χ1v) is 7.30. The quantitative estimate of drug-likeness (QED) is 0.879. The number of rotatable bonds is 3. The summed E-state index contributed by atoms with van der Waals surface area (Å²) >= 11 is 0. The van der Waals surface area contributed by atoms with Gasteiger partial charge in [-0.05, 0) is 62.8 Å². The minimum Gasteiger partial charge on any atom is -0.370 e. The van der Waals surface area contributed by atoms with Crippen molar-refractivity contribution < 1.29 is 0 Å². The van der Waals surface area contributed by atoms with Crippen LogP contribution < -0.4 is 10.2 Å². The third-order valence-corrected chi connectivity index (χ3v) is 4.33. The molecule has 0 amide bonds. The second kappa shape index (κ2) is 4.93. The lowest BCUT2D eigenvalue weighted by molar-refractivity contribution is 0.420. The van der Waals surface area contributed by atoms with Crippen molar-refractivity contribution in [1.29, 1.82) is 0 Å². The SMILES string of the molecule is Cc1ccc(N2CCCC(NC3CC3)C2)cc1C. The van der Waals surface area contributed by atoms with Gasteiger partial charge in [-0.2, -0.15) is 0 Å². The van der Waals surface area contributed by atoms with E-state index in [0.29, 0.717) is 6.04 Å². The minimum atomic E-state index is 0.702. The molecule has 1 aliphatic heterocycles. The number of piperidine rings is 1. The van der Waals surface area contributed by atoms with E-state index in [1.54, 1.807) is 0 Å². The summed E-state index contributed by atoms with van der Waals surface area (Å²) in [7, 11) is 0. The zero-order valence-corrected chi connectivity index (χ0v) is 11.6. The summed E-state index contributed by atoms with van der Waals surface area (Å²) in [4.78, 5) is 2.55. The van der Waals surface area contributed by atoms with Gasteiger partial charge in [0.2, 0.25) is 0 Å². The Morgan fingerprint density at radius 3 is 2.61 bits per heavy atom. The maximum atomic E-state index is 3.78. The van der Waals surface area contributed by atoms with Crippen molar-refractivity contribution in [2.75, 3.05) is 18.0 Å². The van der Waals surface area contributed by atoms with Gasteiger partial charge < -0.3 is 10.2 Å². The van der Waals surface area contributed by atoms with Gasteiger partial charge in [0.1, 0.15) is 0 Å². The van der Waals surface area contributed by atoms with Gasteiger partial charge >= 0.3 is 0 Å². The van der Waals surface area contributed by atoms with Gasteiger partial charge in [0.05, 0.1) is 0 Å². The first-order valence-electron chi connectivity index (χ1n) is 7.30. The highest BCUT2D eigenvalue weighted by molar-refractivity contribution is 5.51. The number of nitrogens with one attached hydrogen (secondary N) is 1. The molecule has 2 nitrogen and oxygen atoms in total. The van der Waals surface area contributed by atoms with Gasteiger partial charge in [-0.25, -0.2) is 0 Å². The van der Waals surface area contributed by atoms with Crippen molar-refractivity contribution in [3.63, 3.8) is 0 Å². The lowest BCUT2D eigenvalue weighted by Crippen LogP contribution is -2.46. The topological polar surface area (TPSA) is 15.3 Å². The summed E-state index contributed by atoms with van der Waals surface area (Å²) in [6.45, 7) is 6.79. The van der Waals surface area contributed by atoms with Crippen molar-refractivity contribution in [2.24, 2.45) is 0 Å².